The summed E-state index contributed by atoms with van der Waals surface area (Å²) >= 11 is 14.3. The molecule has 2 aromatic heterocycles. The van der Waals surface area contributed by atoms with Crippen molar-refractivity contribution in [1.29, 1.82) is 0 Å². The zero-order valence-corrected chi connectivity index (χ0v) is 31.3. The largest absolute Gasteiger partial charge is 0.491 e. The number of likely N-dealkylation sites (tertiary alicyclic amines) is 3. The summed E-state index contributed by atoms with van der Waals surface area (Å²) in [4.78, 5) is 44.6. The number of carbonyl (C=O) groups is 2. The number of nitrogens with zero attached hydrogens (tertiary/aromatic N) is 6. The minimum absolute atomic E-state index is 0.0148. The Morgan fingerprint density at radius 2 is 1.57 bits per heavy atom. The van der Waals surface area contributed by atoms with Crippen LogP contribution < -0.4 is 19.5 Å². The predicted molar refractivity (Wildman–Crippen MR) is 199 cm³/mol. The number of fused-ring (bicyclic) bond motifs is 1. The van der Waals surface area contributed by atoms with E-state index in [4.69, 9.17) is 52.4 Å². The average Bonchev–Trinajstić information content (AvgIpc) is 3.71. The molecule has 0 aliphatic carbocycles. The number of aromatic nitrogens is 3. The van der Waals surface area contributed by atoms with Crippen LogP contribution in [0.2, 0.25) is 10.0 Å². The first-order valence-electron chi connectivity index (χ1n) is 17.8. The Balaban J connectivity index is 0.956. The van der Waals surface area contributed by atoms with E-state index in [1.807, 2.05) is 47.4 Å². The second-order valence-corrected chi connectivity index (χ2v) is 15.8. The number of carbonyl (C=O) groups excluding carboxylic acids is 2. The molecule has 7 heterocycles. The monoisotopic (exact) mass is 755 g/mol. The molecule has 274 valence electrons. The first kappa shape index (κ1) is 34.3. The number of pyridine rings is 1. The van der Waals surface area contributed by atoms with E-state index in [1.54, 1.807) is 27.3 Å². The Kier molecular flexibility index (Phi) is 8.30. The Bertz CT molecular complexity index is 2160. The molecule has 9 rings (SSSR count). The number of halogens is 2. The van der Waals surface area contributed by atoms with Gasteiger partial charge in [-0.1, -0.05) is 59.6 Å². The fraction of sp³-hybridized carbons (Fsp3) is 0.410. The molecule has 4 saturated heterocycles. The zero-order valence-electron chi connectivity index (χ0n) is 29.7. The summed E-state index contributed by atoms with van der Waals surface area (Å²) in [5.74, 6) is 1.91. The first-order chi connectivity index (χ1) is 25.6. The number of methoxy groups -OCH3 is 2. The molecule has 12 nitrogen and oxygen atoms in total. The molecule has 5 aliphatic rings. The Morgan fingerprint density at radius 3 is 2.19 bits per heavy atom. The van der Waals surface area contributed by atoms with E-state index in [0.29, 0.717) is 69.6 Å². The third kappa shape index (κ3) is 5.78. The van der Waals surface area contributed by atoms with E-state index in [-0.39, 0.29) is 28.8 Å². The molecule has 0 saturated carbocycles. The number of benzene rings is 2. The van der Waals surface area contributed by atoms with E-state index in [1.165, 1.54) is 0 Å². The molecular weight excluding hydrogens is 717 g/mol. The van der Waals surface area contributed by atoms with Crippen molar-refractivity contribution >= 4 is 35.0 Å². The van der Waals surface area contributed by atoms with Gasteiger partial charge in [0.1, 0.15) is 18.1 Å². The van der Waals surface area contributed by atoms with Gasteiger partial charge in [-0.15, -0.1) is 0 Å². The highest BCUT2D eigenvalue weighted by Crippen LogP contribution is 2.49. The fourth-order valence-corrected chi connectivity index (χ4v) is 9.47. The number of amides is 2. The molecule has 53 heavy (non-hydrogen) atoms. The van der Waals surface area contributed by atoms with E-state index in [2.05, 4.69) is 15.1 Å². The molecule has 1 atom stereocenters. The van der Waals surface area contributed by atoms with Gasteiger partial charge >= 0.3 is 0 Å². The van der Waals surface area contributed by atoms with E-state index < -0.39 is 0 Å². The number of hydrogen-bond acceptors (Lipinski definition) is 10. The minimum atomic E-state index is -0.134. The fourth-order valence-electron chi connectivity index (χ4n) is 8.82. The maximum absolute atomic E-state index is 11.9. The van der Waals surface area contributed by atoms with Gasteiger partial charge in [-0.2, -0.15) is 0 Å². The molecule has 14 heteroatoms. The first-order valence-corrected chi connectivity index (χ1v) is 18.6. The maximum atomic E-state index is 11.9. The van der Waals surface area contributed by atoms with E-state index in [0.717, 1.165) is 68.1 Å². The highest BCUT2D eigenvalue weighted by atomic mass is 35.5. The number of rotatable bonds is 8. The Hall–Kier alpha value is -4.49. The molecule has 2 spiro atoms. The van der Waals surface area contributed by atoms with Gasteiger partial charge in [-0.3, -0.25) is 24.4 Å². The van der Waals surface area contributed by atoms with Crippen molar-refractivity contribution in [1.82, 2.24) is 35.0 Å². The molecule has 4 fully saturated rings. The van der Waals surface area contributed by atoms with Crippen LogP contribution in [-0.2, 0) is 16.1 Å². The van der Waals surface area contributed by atoms with Crippen LogP contribution in [0.3, 0.4) is 0 Å². The van der Waals surface area contributed by atoms with Gasteiger partial charge in [-0.25, -0.2) is 9.97 Å². The van der Waals surface area contributed by atoms with E-state index >= 15 is 0 Å². The zero-order chi connectivity index (χ0) is 36.6. The topological polar surface area (TPSA) is 122 Å². The van der Waals surface area contributed by atoms with E-state index in [9.17, 15) is 9.59 Å². The third-order valence-corrected chi connectivity index (χ3v) is 12.2. The SMILES string of the molecule is COc1nc(-c2cccc(-c3cccc(-c4cc5c(c(OC)n4)[C@@H](N4CC6(CCC(=O)N6)C4)CO5)c3Cl)c2Cl)cnc1CN1CC2(C1)CN(C(C)=O)C2. The van der Waals surface area contributed by atoms with Crippen molar-refractivity contribution < 1.29 is 23.8 Å². The van der Waals surface area contributed by atoms with Crippen LogP contribution in [0, 0.1) is 5.41 Å². The van der Waals surface area contributed by atoms with Crippen molar-refractivity contribution in [2.24, 2.45) is 5.41 Å². The minimum Gasteiger partial charge on any atom is -0.491 e. The molecule has 4 aromatic rings. The van der Waals surface area contributed by atoms with Gasteiger partial charge in [0.15, 0.2) is 0 Å². The molecular formula is C39H39Cl2N7O5. The van der Waals surface area contributed by atoms with Crippen LogP contribution in [0.4, 0.5) is 0 Å². The lowest BCUT2D eigenvalue weighted by atomic mass is 9.73. The summed E-state index contributed by atoms with van der Waals surface area (Å²) in [7, 11) is 3.21. The number of ether oxygens (including phenoxy) is 3. The second-order valence-electron chi connectivity index (χ2n) is 15.1. The summed E-state index contributed by atoms with van der Waals surface area (Å²) in [6, 6.07) is 13.5. The smallest absolute Gasteiger partial charge is 0.237 e. The summed E-state index contributed by atoms with van der Waals surface area (Å²) < 4.78 is 17.8. The molecule has 5 aliphatic heterocycles. The summed E-state index contributed by atoms with van der Waals surface area (Å²) in [5.41, 5.74) is 5.83. The van der Waals surface area contributed by atoms with Crippen molar-refractivity contribution in [2.45, 2.75) is 37.9 Å². The molecule has 0 bridgehead atoms. The molecule has 0 radical (unpaired) electrons. The standard InChI is InChI=1S/C39H39Cl2N7O5/c1-22(49)47-18-38(19-47)16-46(17-38)14-29-36(51-2)44-28(13-42-29)26-9-5-7-24(35(26)41)23-6-4-8-25(34(23)40)27-12-31-33(37(43-27)52-3)30(15-53-31)48-20-39(21-48)11-10-32(50)45-39/h4-9,12-13,30H,10-11,14-21H2,1-3H3,(H,45,50)/t30-/m0/s1. The van der Waals surface area contributed by atoms with Gasteiger partial charge in [0.2, 0.25) is 23.6 Å². The van der Waals surface area contributed by atoms with Crippen molar-refractivity contribution in [3.05, 3.63) is 70.0 Å². The number of nitrogens with one attached hydrogen (secondary N) is 1. The Labute approximate surface area is 317 Å². The number of hydrogen-bond donors (Lipinski definition) is 1. The lowest BCUT2D eigenvalue weighted by Gasteiger charge is -2.60. The average molecular weight is 757 g/mol. The molecule has 0 unspecified atom stereocenters. The van der Waals surface area contributed by atoms with Gasteiger partial charge in [0.25, 0.3) is 0 Å². The van der Waals surface area contributed by atoms with Gasteiger partial charge in [-0.05, 0) is 6.42 Å². The quantitative estimate of drug-likeness (QED) is 0.255. The normalized spacial score (nSPS) is 21.0. The van der Waals surface area contributed by atoms with Crippen LogP contribution in [0.15, 0.2) is 48.7 Å². The maximum Gasteiger partial charge on any atom is 0.237 e. The van der Waals surface area contributed by atoms with Crippen molar-refractivity contribution in [3.63, 3.8) is 0 Å². The molecule has 1 N–H and O–H groups in total. The van der Waals surface area contributed by atoms with Crippen LogP contribution in [0.25, 0.3) is 33.6 Å². The lowest BCUT2D eigenvalue weighted by molar-refractivity contribution is -0.157. The summed E-state index contributed by atoms with van der Waals surface area (Å²) in [6.07, 6.45) is 3.17. The molecule has 2 aromatic carbocycles. The van der Waals surface area contributed by atoms with Crippen LogP contribution in [-0.4, -0.2) is 107 Å². The van der Waals surface area contributed by atoms with Crippen molar-refractivity contribution in [3.8, 4) is 51.2 Å². The summed E-state index contributed by atoms with van der Waals surface area (Å²) in [6.45, 7) is 7.73. The highest BCUT2D eigenvalue weighted by molar-refractivity contribution is 6.39. The van der Waals surface area contributed by atoms with Crippen molar-refractivity contribution in [2.75, 3.05) is 60.1 Å². The summed E-state index contributed by atoms with van der Waals surface area (Å²) in [5, 5.41) is 4.13. The highest BCUT2D eigenvalue weighted by Gasteiger charge is 2.53. The second kappa shape index (κ2) is 12.8. The third-order valence-electron chi connectivity index (χ3n) is 11.4. The predicted octanol–water partition coefficient (Wildman–Crippen LogP) is 5.26. The van der Waals surface area contributed by atoms with Crippen LogP contribution >= 0.6 is 23.2 Å². The Morgan fingerprint density at radius 1 is 0.925 bits per heavy atom. The van der Waals surface area contributed by atoms with Crippen LogP contribution in [0.5, 0.6) is 17.5 Å². The van der Waals surface area contributed by atoms with Crippen LogP contribution in [0.1, 0.15) is 37.1 Å². The van der Waals surface area contributed by atoms with Gasteiger partial charge in [0, 0.05) is 92.9 Å². The molecule has 2 amide bonds. The lowest BCUT2D eigenvalue weighted by Crippen LogP contribution is -2.72. The van der Waals surface area contributed by atoms with Gasteiger partial charge < -0.3 is 24.4 Å². The van der Waals surface area contributed by atoms with Gasteiger partial charge in [0.05, 0.1) is 59.0 Å².